The van der Waals surface area contributed by atoms with Gasteiger partial charge < -0.3 is 20.3 Å². The fourth-order valence-electron chi connectivity index (χ4n) is 3.17. The molecule has 2 N–H and O–H groups in total. The smallest absolute Gasteiger partial charge is 0.314 e. The molecule has 2 aromatic carbocycles. The Morgan fingerprint density at radius 2 is 1.66 bits per heavy atom. The maximum Gasteiger partial charge on any atom is 0.314 e. The van der Waals surface area contributed by atoms with Crippen molar-refractivity contribution in [3.8, 4) is 5.75 Å². The number of carbonyl (C=O) groups is 2. The molecule has 29 heavy (non-hydrogen) atoms. The molecule has 1 fully saturated rings. The Labute approximate surface area is 167 Å². The van der Waals surface area contributed by atoms with Gasteiger partial charge in [0.05, 0.1) is 23.8 Å². The van der Waals surface area contributed by atoms with Crippen LogP contribution in [-0.2, 0) is 9.59 Å². The third-order valence-electron chi connectivity index (χ3n) is 4.70. The molecule has 1 heterocycles. The molecular formula is C20H22N4O5. The average molecular weight is 398 g/mol. The number of rotatable bonds is 5. The van der Waals surface area contributed by atoms with Gasteiger partial charge in [-0.25, -0.2) is 0 Å². The topological polar surface area (TPSA) is 114 Å². The van der Waals surface area contributed by atoms with Crippen LogP contribution in [0.3, 0.4) is 0 Å². The van der Waals surface area contributed by atoms with Crippen LogP contribution in [0.5, 0.6) is 5.75 Å². The van der Waals surface area contributed by atoms with E-state index in [1.807, 2.05) is 12.1 Å². The summed E-state index contributed by atoms with van der Waals surface area (Å²) in [4.78, 5) is 36.9. The van der Waals surface area contributed by atoms with Gasteiger partial charge in [0.1, 0.15) is 5.75 Å². The molecular weight excluding hydrogens is 376 g/mol. The molecule has 0 unspecified atom stereocenters. The first-order chi connectivity index (χ1) is 14.0. The SMILES string of the molecule is COc1cc([N+](=O)[O-])ccc1NC(=O)C(=O)Nc1ccc(N2CCCCC2)cc1. The molecule has 0 atom stereocenters. The number of piperidine rings is 1. The first-order valence-electron chi connectivity index (χ1n) is 9.27. The summed E-state index contributed by atoms with van der Waals surface area (Å²) in [7, 11) is 1.32. The number of non-ortho nitro benzene ring substituents is 1. The molecule has 1 aliphatic rings. The summed E-state index contributed by atoms with van der Waals surface area (Å²) in [6.07, 6.45) is 3.59. The van der Waals surface area contributed by atoms with Crippen LogP contribution in [0.1, 0.15) is 19.3 Å². The number of nitro groups is 1. The highest BCUT2D eigenvalue weighted by molar-refractivity contribution is 6.43. The third kappa shape index (κ3) is 5.01. The molecule has 2 amide bonds. The summed E-state index contributed by atoms with van der Waals surface area (Å²) < 4.78 is 5.05. The van der Waals surface area contributed by atoms with Gasteiger partial charge in [-0.3, -0.25) is 19.7 Å². The number of anilines is 3. The van der Waals surface area contributed by atoms with Crippen molar-refractivity contribution in [3.63, 3.8) is 0 Å². The number of nitro benzene ring substituents is 1. The number of methoxy groups -OCH3 is 1. The van der Waals surface area contributed by atoms with Gasteiger partial charge in [-0.2, -0.15) is 0 Å². The van der Waals surface area contributed by atoms with Crippen LogP contribution < -0.4 is 20.3 Å². The minimum Gasteiger partial charge on any atom is -0.494 e. The van der Waals surface area contributed by atoms with E-state index in [-0.39, 0.29) is 17.1 Å². The van der Waals surface area contributed by atoms with Gasteiger partial charge >= 0.3 is 11.8 Å². The standard InChI is InChI=1S/C20H22N4O5/c1-29-18-13-16(24(27)28)9-10-17(18)22-20(26)19(25)21-14-5-7-15(8-6-14)23-11-3-2-4-12-23/h5-10,13H,2-4,11-12H2,1H3,(H,21,25)(H,22,26). The van der Waals surface area contributed by atoms with Crippen molar-refractivity contribution in [2.45, 2.75) is 19.3 Å². The molecule has 0 aliphatic carbocycles. The van der Waals surface area contributed by atoms with Gasteiger partial charge in [0.25, 0.3) is 5.69 Å². The van der Waals surface area contributed by atoms with Gasteiger partial charge in [-0.1, -0.05) is 0 Å². The first-order valence-corrected chi connectivity index (χ1v) is 9.27. The van der Waals surface area contributed by atoms with Crippen molar-refractivity contribution in [2.24, 2.45) is 0 Å². The van der Waals surface area contributed by atoms with Crippen molar-refractivity contribution in [3.05, 3.63) is 52.6 Å². The Hall–Kier alpha value is -3.62. The number of hydrogen-bond acceptors (Lipinski definition) is 6. The number of benzene rings is 2. The lowest BCUT2D eigenvalue weighted by atomic mass is 10.1. The number of carbonyl (C=O) groups excluding carboxylic acids is 2. The maximum atomic E-state index is 12.2. The molecule has 9 heteroatoms. The zero-order valence-electron chi connectivity index (χ0n) is 16.0. The van der Waals surface area contributed by atoms with Crippen molar-refractivity contribution in [1.29, 1.82) is 0 Å². The second-order valence-electron chi connectivity index (χ2n) is 6.64. The largest absolute Gasteiger partial charge is 0.494 e. The van der Waals surface area contributed by atoms with E-state index in [4.69, 9.17) is 4.74 Å². The lowest BCUT2D eigenvalue weighted by Crippen LogP contribution is -2.30. The van der Waals surface area contributed by atoms with Gasteiger partial charge in [0.2, 0.25) is 0 Å². The zero-order valence-corrected chi connectivity index (χ0v) is 16.0. The van der Waals surface area contributed by atoms with Crippen LogP contribution >= 0.6 is 0 Å². The van der Waals surface area contributed by atoms with E-state index in [1.54, 1.807) is 12.1 Å². The highest BCUT2D eigenvalue weighted by atomic mass is 16.6. The van der Waals surface area contributed by atoms with E-state index in [2.05, 4.69) is 15.5 Å². The highest BCUT2D eigenvalue weighted by Crippen LogP contribution is 2.29. The summed E-state index contributed by atoms with van der Waals surface area (Å²) >= 11 is 0. The van der Waals surface area contributed by atoms with Gasteiger partial charge in [0, 0.05) is 30.5 Å². The molecule has 0 radical (unpaired) electrons. The number of nitrogens with zero attached hydrogens (tertiary/aromatic N) is 2. The van der Waals surface area contributed by atoms with Crippen LogP contribution in [-0.4, -0.2) is 36.9 Å². The number of ether oxygens (including phenoxy) is 1. The second-order valence-corrected chi connectivity index (χ2v) is 6.64. The maximum absolute atomic E-state index is 12.2. The summed E-state index contributed by atoms with van der Waals surface area (Å²) in [6, 6.07) is 11.0. The molecule has 3 rings (SSSR count). The van der Waals surface area contributed by atoms with Gasteiger partial charge in [0.15, 0.2) is 0 Å². The summed E-state index contributed by atoms with van der Waals surface area (Å²) in [6.45, 7) is 2.04. The number of nitrogens with one attached hydrogen (secondary N) is 2. The van der Waals surface area contributed by atoms with E-state index in [0.717, 1.165) is 18.8 Å². The normalized spacial score (nSPS) is 13.5. The number of amides is 2. The van der Waals surface area contributed by atoms with E-state index >= 15 is 0 Å². The summed E-state index contributed by atoms with van der Waals surface area (Å²) in [5.74, 6) is -1.67. The summed E-state index contributed by atoms with van der Waals surface area (Å²) in [5.41, 5.74) is 1.57. The molecule has 9 nitrogen and oxygen atoms in total. The molecule has 1 aliphatic heterocycles. The van der Waals surface area contributed by atoms with E-state index < -0.39 is 16.7 Å². The lowest BCUT2D eigenvalue weighted by Gasteiger charge is -2.28. The van der Waals surface area contributed by atoms with Crippen LogP contribution in [0.2, 0.25) is 0 Å². The van der Waals surface area contributed by atoms with Crippen molar-refractivity contribution in [2.75, 3.05) is 35.7 Å². The van der Waals surface area contributed by atoms with Crippen molar-refractivity contribution >= 4 is 34.6 Å². The van der Waals surface area contributed by atoms with Crippen LogP contribution in [0.25, 0.3) is 0 Å². The van der Waals surface area contributed by atoms with Crippen LogP contribution in [0.15, 0.2) is 42.5 Å². The molecule has 152 valence electrons. The molecule has 0 bridgehead atoms. The Kier molecular flexibility index (Phi) is 6.28. The van der Waals surface area contributed by atoms with Crippen LogP contribution in [0.4, 0.5) is 22.7 Å². The lowest BCUT2D eigenvalue weighted by molar-refractivity contribution is -0.384. The van der Waals surface area contributed by atoms with Crippen LogP contribution in [0, 0.1) is 10.1 Å². The predicted octanol–water partition coefficient (Wildman–Crippen LogP) is 3.17. The second kappa shape index (κ2) is 9.05. The summed E-state index contributed by atoms with van der Waals surface area (Å²) in [5, 5.41) is 15.8. The Morgan fingerprint density at radius 1 is 1.00 bits per heavy atom. The monoisotopic (exact) mass is 398 g/mol. The van der Waals surface area contributed by atoms with Gasteiger partial charge in [-0.05, 0) is 49.6 Å². The van der Waals surface area contributed by atoms with Gasteiger partial charge in [-0.15, -0.1) is 0 Å². The minimum absolute atomic E-state index is 0.0891. The number of hydrogen-bond donors (Lipinski definition) is 2. The first kappa shape index (κ1) is 20.1. The van der Waals surface area contributed by atoms with E-state index in [1.165, 1.54) is 44.6 Å². The molecule has 0 saturated carbocycles. The minimum atomic E-state index is -0.905. The molecule has 2 aromatic rings. The fourth-order valence-corrected chi connectivity index (χ4v) is 3.17. The third-order valence-corrected chi connectivity index (χ3v) is 4.70. The van der Waals surface area contributed by atoms with E-state index in [9.17, 15) is 19.7 Å². The predicted molar refractivity (Wildman–Crippen MR) is 109 cm³/mol. The quantitative estimate of drug-likeness (QED) is 0.454. The Morgan fingerprint density at radius 3 is 2.28 bits per heavy atom. The Bertz CT molecular complexity index is 908. The average Bonchev–Trinajstić information content (AvgIpc) is 2.75. The Balaban J connectivity index is 1.62. The van der Waals surface area contributed by atoms with E-state index in [0.29, 0.717) is 5.69 Å². The highest BCUT2D eigenvalue weighted by Gasteiger charge is 2.18. The fraction of sp³-hybridized carbons (Fsp3) is 0.300. The molecule has 1 saturated heterocycles. The zero-order chi connectivity index (χ0) is 20.8. The molecule has 0 spiro atoms. The van der Waals surface area contributed by atoms with Crippen molar-refractivity contribution in [1.82, 2.24) is 0 Å². The molecule has 0 aromatic heterocycles. The van der Waals surface area contributed by atoms with Crippen molar-refractivity contribution < 1.29 is 19.2 Å².